The summed E-state index contributed by atoms with van der Waals surface area (Å²) in [6, 6.07) is 5.85. The van der Waals surface area contributed by atoms with Crippen LogP contribution in [-0.2, 0) is 0 Å². The number of aromatic nitrogens is 2. The number of benzene rings is 1. The van der Waals surface area contributed by atoms with Gasteiger partial charge in [-0.25, -0.2) is 4.98 Å². The van der Waals surface area contributed by atoms with E-state index in [0.717, 1.165) is 29.1 Å². The summed E-state index contributed by atoms with van der Waals surface area (Å²) in [6.45, 7) is 11.6. The number of rotatable bonds is 6. The third-order valence-electron chi connectivity index (χ3n) is 4.17. The van der Waals surface area contributed by atoms with Crippen molar-refractivity contribution in [3.63, 3.8) is 0 Å². The van der Waals surface area contributed by atoms with Crippen LogP contribution in [0.5, 0.6) is 11.5 Å². The van der Waals surface area contributed by atoms with Crippen LogP contribution in [0.25, 0.3) is 10.4 Å². The lowest BCUT2D eigenvalue weighted by Gasteiger charge is -2.15. The minimum atomic E-state index is 0.153. The summed E-state index contributed by atoms with van der Waals surface area (Å²) >= 11 is 0. The molecule has 7 nitrogen and oxygen atoms in total. The van der Waals surface area contributed by atoms with Gasteiger partial charge in [-0.05, 0) is 37.1 Å². The largest absolute Gasteiger partial charge is 0.496 e. The molecule has 1 aromatic heterocycles. The average molecular weight is 363 g/mol. The average Bonchev–Trinajstić information content (AvgIpc) is 3.16. The summed E-state index contributed by atoms with van der Waals surface area (Å²) < 4.78 is 11.4. The van der Waals surface area contributed by atoms with Gasteiger partial charge in [0.05, 0.1) is 26.0 Å². The zero-order chi connectivity index (χ0) is 19.2. The minimum Gasteiger partial charge on any atom is -0.496 e. The molecule has 0 amide bonds. The molecule has 0 bridgehead atoms. The van der Waals surface area contributed by atoms with Crippen molar-refractivity contribution >= 4 is 23.0 Å². The molecule has 2 heterocycles. The molecule has 0 spiro atoms. The molecule has 2 aromatic rings. The number of ether oxygens (including phenoxy) is 2. The van der Waals surface area contributed by atoms with Gasteiger partial charge >= 0.3 is 0 Å². The van der Waals surface area contributed by atoms with Crippen molar-refractivity contribution in [3.8, 4) is 11.5 Å². The van der Waals surface area contributed by atoms with E-state index in [4.69, 9.17) is 16.0 Å². The minimum absolute atomic E-state index is 0.153. The maximum absolute atomic E-state index is 6.91. The van der Waals surface area contributed by atoms with E-state index in [0.29, 0.717) is 18.2 Å². The molecule has 0 fully saturated rings. The molecule has 0 radical (unpaired) electrons. The Hall–Kier alpha value is -3.40. The first kappa shape index (κ1) is 18.4. The summed E-state index contributed by atoms with van der Waals surface area (Å²) in [5.74, 6) is 3.03. The quantitative estimate of drug-likeness (QED) is 0.782. The number of anilines is 1. The molecule has 1 aromatic carbocycles. The van der Waals surface area contributed by atoms with Gasteiger partial charge in [-0.1, -0.05) is 13.5 Å². The number of nitrogens with one attached hydrogen (secondary N) is 1. The summed E-state index contributed by atoms with van der Waals surface area (Å²) in [6.07, 6.45) is 5.99. The number of hydrogen-bond donors (Lipinski definition) is 1. The van der Waals surface area contributed by atoms with Crippen molar-refractivity contribution in [2.24, 2.45) is 4.99 Å². The van der Waals surface area contributed by atoms with Gasteiger partial charge in [0.25, 0.3) is 5.82 Å². The normalized spacial score (nSPS) is 14.0. The zero-order valence-corrected chi connectivity index (χ0v) is 15.6. The van der Waals surface area contributed by atoms with Gasteiger partial charge in [-0.15, -0.1) is 4.98 Å². The van der Waals surface area contributed by atoms with Gasteiger partial charge in [0.1, 0.15) is 17.3 Å². The van der Waals surface area contributed by atoms with Gasteiger partial charge in [0.2, 0.25) is 0 Å². The zero-order valence-electron chi connectivity index (χ0n) is 15.6. The molecule has 0 saturated carbocycles. The van der Waals surface area contributed by atoms with Crippen LogP contribution < -0.4 is 14.8 Å². The molecule has 1 atom stereocenters. The van der Waals surface area contributed by atoms with Crippen molar-refractivity contribution in [1.82, 2.24) is 9.97 Å². The number of hydrogen-bond acceptors (Lipinski definition) is 6. The molecular weight excluding hydrogens is 342 g/mol. The van der Waals surface area contributed by atoms with Gasteiger partial charge < -0.3 is 19.6 Å². The third kappa shape index (κ3) is 4.42. The van der Waals surface area contributed by atoms with Crippen LogP contribution in [0.15, 0.2) is 41.7 Å². The molecular formula is C20H21N5O2. The van der Waals surface area contributed by atoms with Gasteiger partial charge in [-0.3, -0.25) is 4.99 Å². The molecule has 7 heteroatoms. The SMILES string of the molecule is [C-]#[N+]c1cnc(NC2=NCC(c3ccc(O[C@@H](C)CC)cc3OC)=C2)cn1. The molecule has 1 N–H and O–H groups in total. The summed E-state index contributed by atoms with van der Waals surface area (Å²) in [5.41, 5.74) is 2.01. The highest BCUT2D eigenvalue weighted by Gasteiger charge is 2.16. The van der Waals surface area contributed by atoms with E-state index in [-0.39, 0.29) is 11.9 Å². The standard InChI is InChI=1S/C20H21N5O2/c1-5-13(2)27-15-6-7-16(17(9-15)26-4)14-8-18(22-10-14)25-20-12-23-19(21-3)11-24-20/h6-9,11-13H,5,10H2,1-2,4H3,(H,22,24,25)/t13-/m0/s1. The Morgan fingerprint density at radius 1 is 1.30 bits per heavy atom. The lowest BCUT2D eigenvalue weighted by atomic mass is 10.0. The number of amidine groups is 1. The number of methoxy groups -OCH3 is 1. The second kappa shape index (κ2) is 8.32. The van der Waals surface area contributed by atoms with Crippen molar-refractivity contribution in [2.75, 3.05) is 19.0 Å². The second-order valence-electron chi connectivity index (χ2n) is 6.07. The Morgan fingerprint density at radius 2 is 2.15 bits per heavy atom. The first-order chi connectivity index (χ1) is 13.1. The van der Waals surface area contributed by atoms with Crippen LogP contribution in [0.1, 0.15) is 25.8 Å². The summed E-state index contributed by atoms with van der Waals surface area (Å²) in [5, 5.41) is 3.11. The monoisotopic (exact) mass is 363 g/mol. The van der Waals surface area contributed by atoms with Gasteiger partial charge in [0, 0.05) is 11.6 Å². The highest BCUT2D eigenvalue weighted by Crippen LogP contribution is 2.32. The maximum atomic E-state index is 6.91. The number of aliphatic imine (C=N–C) groups is 1. The summed E-state index contributed by atoms with van der Waals surface area (Å²) in [4.78, 5) is 15.9. The first-order valence-electron chi connectivity index (χ1n) is 8.69. The Morgan fingerprint density at radius 3 is 2.81 bits per heavy atom. The number of nitrogens with zero attached hydrogens (tertiary/aromatic N) is 4. The predicted molar refractivity (Wildman–Crippen MR) is 106 cm³/mol. The van der Waals surface area contributed by atoms with Crippen LogP contribution in [0.2, 0.25) is 0 Å². The fraction of sp³-hybridized carbons (Fsp3) is 0.300. The topological polar surface area (TPSA) is 73.0 Å². The van der Waals surface area contributed by atoms with Crippen molar-refractivity contribution < 1.29 is 9.47 Å². The Bertz CT molecular complexity index is 913. The highest BCUT2D eigenvalue weighted by molar-refractivity contribution is 6.10. The molecule has 27 heavy (non-hydrogen) atoms. The van der Waals surface area contributed by atoms with E-state index in [9.17, 15) is 0 Å². The van der Waals surface area contributed by atoms with Crippen LogP contribution in [0.3, 0.4) is 0 Å². The Labute approximate surface area is 158 Å². The van der Waals surface area contributed by atoms with Crippen LogP contribution >= 0.6 is 0 Å². The maximum Gasteiger partial charge on any atom is 0.288 e. The molecule has 3 rings (SSSR count). The van der Waals surface area contributed by atoms with Crippen LogP contribution in [0.4, 0.5) is 11.6 Å². The van der Waals surface area contributed by atoms with Crippen LogP contribution in [-0.4, -0.2) is 35.6 Å². The van der Waals surface area contributed by atoms with Crippen molar-refractivity contribution in [3.05, 3.63) is 53.6 Å². The van der Waals surface area contributed by atoms with Gasteiger partial charge in [0.15, 0.2) is 12.0 Å². The molecule has 1 aliphatic heterocycles. The predicted octanol–water partition coefficient (Wildman–Crippen LogP) is 4.12. The smallest absolute Gasteiger partial charge is 0.288 e. The fourth-order valence-corrected chi connectivity index (χ4v) is 2.57. The second-order valence-corrected chi connectivity index (χ2v) is 6.07. The van der Waals surface area contributed by atoms with Crippen LogP contribution in [0, 0.1) is 6.57 Å². The van der Waals surface area contributed by atoms with Gasteiger partial charge in [-0.2, -0.15) is 0 Å². The highest BCUT2D eigenvalue weighted by atomic mass is 16.5. The lowest BCUT2D eigenvalue weighted by Crippen LogP contribution is -2.09. The Balaban J connectivity index is 1.75. The molecule has 138 valence electrons. The van der Waals surface area contributed by atoms with E-state index in [2.05, 4.69) is 32.0 Å². The van der Waals surface area contributed by atoms with E-state index >= 15 is 0 Å². The lowest BCUT2D eigenvalue weighted by molar-refractivity contribution is 0.216. The Kier molecular flexibility index (Phi) is 5.67. The molecule has 0 unspecified atom stereocenters. The van der Waals surface area contributed by atoms with E-state index in [1.54, 1.807) is 7.11 Å². The molecule has 0 aliphatic carbocycles. The first-order valence-corrected chi connectivity index (χ1v) is 8.69. The van der Waals surface area contributed by atoms with E-state index in [1.165, 1.54) is 12.4 Å². The molecule has 1 aliphatic rings. The third-order valence-corrected chi connectivity index (χ3v) is 4.17. The van der Waals surface area contributed by atoms with Crippen molar-refractivity contribution in [2.45, 2.75) is 26.4 Å². The van der Waals surface area contributed by atoms with Crippen molar-refractivity contribution in [1.29, 1.82) is 0 Å². The van der Waals surface area contributed by atoms with E-state index < -0.39 is 0 Å². The fourth-order valence-electron chi connectivity index (χ4n) is 2.57. The summed E-state index contributed by atoms with van der Waals surface area (Å²) in [7, 11) is 1.65. The van der Waals surface area contributed by atoms with E-state index in [1.807, 2.05) is 31.2 Å². The molecule has 0 saturated heterocycles.